The molecule has 158 valence electrons. The number of nitrogens with zero attached hydrogens (tertiary/aromatic N) is 2. The number of ether oxygens (including phenoxy) is 2. The zero-order valence-corrected chi connectivity index (χ0v) is 16.7. The van der Waals surface area contributed by atoms with Crippen LogP contribution in [0.15, 0.2) is 59.8 Å². The van der Waals surface area contributed by atoms with Crippen LogP contribution in [0.5, 0.6) is 0 Å². The Kier molecular flexibility index (Phi) is 6.79. The molecule has 0 amide bonds. The highest BCUT2D eigenvalue weighted by atomic mass is 19.1. The molecule has 1 aliphatic heterocycles. The van der Waals surface area contributed by atoms with Crippen LogP contribution in [0.3, 0.4) is 0 Å². The van der Waals surface area contributed by atoms with Gasteiger partial charge in [0, 0.05) is 18.8 Å². The van der Waals surface area contributed by atoms with Gasteiger partial charge in [-0.05, 0) is 48.4 Å². The Morgan fingerprint density at radius 3 is 2.03 bits per heavy atom. The third kappa shape index (κ3) is 4.83. The molecule has 2 aromatic rings. The van der Waals surface area contributed by atoms with Crippen LogP contribution in [0, 0.1) is 11.6 Å². The standard InChI is InChI=1S/C22H22F2N2O4/c1-29-21(27)19-13-25(12-11-15-3-5-16(23)6-4-15)14-26(20(19)22(28)30-2)18-9-7-17(24)8-10-18/h3-10H,11-14H2,1-2H3. The normalized spacial score (nSPS) is 14.6. The van der Waals surface area contributed by atoms with Gasteiger partial charge in [-0.25, -0.2) is 18.4 Å². The Morgan fingerprint density at radius 1 is 0.900 bits per heavy atom. The summed E-state index contributed by atoms with van der Waals surface area (Å²) in [6, 6.07) is 11.8. The number of carbonyl (C=O) groups is 2. The second-order valence-electron chi connectivity index (χ2n) is 6.79. The number of hydrogen-bond acceptors (Lipinski definition) is 6. The topological polar surface area (TPSA) is 59.1 Å². The first kappa shape index (κ1) is 21.4. The van der Waals surface area contributed by atoms with Crippen LogP contribution >= 0.6 is 0 Å². The molecule has 0 aliphatic carbocycles. The van der Waals surface area contributed by atoms with E-state index in [0.717, 1.165) is 5.56 Å². The third-order valence-corrected chi connectivity index (χ3v) is 4.86. The second kappa shape index (κ2) is 9.49. The van der Waals surface area contributed by atoms with Crippen molar-refractivity contribution >= 4 is 17.6 Å². The maximum absolute atomic E-state index is 13.4. The van der Waals surface area contributed by atoms with Crippen molar-refractivity contribution in [2.75, 3.05) is 38.9 Å². The quantitative estimate of drug-likeness (QED) is 0.675. The number of halogens is 2. The molecular weight excluding hydrogens is 394 g/mol. The van der Waals surface area contributed by atoms with Crippen molar-refractivity contribution in [3.05, 3.63) is 77.0 Å². The number of carbonyl (C=O) groups excluding carboxylic acids is 2. The lowest BCUT2D eigenvalue weighted by molar-refractivity contribution is -0.140. The van der Waals surface area contributed by atoms with Crippen LogP contribution in [0.25, 0.3) is 0 Å². The number of rotatable bonds is 6. The van der Waals surface area contributed by atoms with Crippen LogP contribution in [0.4, 0.5) is 14.5 Å². The average Bonchev–Trinajstić information content (AvgIpc) is 2.77. The highest BCUT2D eigenvalue weighted by molar-refractivity contribution is 6.03. The van der Waals surface area contributed by atoms with Gasteiger partial charge >= 0.3 is 11.9 Å². The second-order valence-corrected chi connectivity index (χ2v) is 6.79. The summed E-state index contributed by atoms with van der Waals surface area (Å²) >= 11 is 0. The molecule has 0 atom stereocenters. The van der Waals surface area contributed by atoms with E-state index in [1.54, 1.807) is 17.0 Å². The van der Waals surface area contributed by atoms with Gasteiger partial charge in [0.2, 0.25) is 0 Å². The van der Waals surface area contributed by atoms with Gasteiger partial charge in [-0.15, -0.1) is 0 Å². The zero-order valence-electron chi connectivity index (χ0n) is 16.7. The van der Waals surface area contributed by atoms with Gasteiger partial charge < -0.3 is 14.4 Å². The zero-order chi connectivity index (χ0) is 21.7. The molecule has 8 heteroatoms. The molecule has 1 heterocycles. The monoisotopic (exact) mass is 416 g/mol. The fourth-order valence-electron chi connectivity index (χ4n) is 3.32. The van der Waals surface area contributed by atoms with Crippen molar-refractivity contribution in [2.24, 2.45) is 0 Å². The Bertz CT molecular complexity index is 943. The molecule has 0 spiro atoms. The summed E-state index contributed by atoms with van der Waals surface area (Å²) in [6.07, 6.45) is 0.611. The highest BCUT2D eigenvalue weighted by Crippen LogP contribution is 2.28. The predicted octanol–water partition coefficient (Wildman–Crippen LogP) is 2.89. The fraction of sp³-hybridized carbons (Fsp3) is 0.273. The SMILES string of the molecule is COC(=O)C1=C(C(=O)OC)N(c2ccc(F)cc2)CN(CCc2ccc(F)cc2)C1. The molecule has 0 N–H and O–H groups in total. The Balaban J connectivity index is 1.93. The predicted molar refractivity (Wildman–Crippen MR) is 106 cm³/mol. The van der Waals surface area contributed by atoms with E-state index >= 15 is 0 Å². The van der Waals surface area contributed by atoms with Crippen LogP contribution < -0.4 is 4.90 Å². The number of methoxy groups -OCH3 is 2. The first-order valence-electron chi connectivity index (χ1n) is 9.32. The van der Waals surface area contributed by atoms with Crippen molar-refractivity contribution in [3.63, 3.8) is 0 Å². The van der Waals surface area contributed by atoms with Crippen molar-refractivity contribution in [1.82, 2.24) is 4.90 Å². The van der Waals surface area contributed by atoms with Crippen molar-refractivity contribution in [3.8, 4) is 0 Å². The molecule has 0 aromatic heterocycles. The maximum atomic E-state index is 13.4. The number of esters is 2. The molecule has 0 fully saturated rings. The van der Waals surface area contributed by atoms with E-state index in [4.69, 9.17) is 9.47 Å². The van der Waals surface area contributed by atoms with E-state index in [1.165, 1.54) is 50.6 Å². The van der Waals surface area contributed by atoms with E-state index in [0.29, 0.717) is 18.7 Å². The molecule has 0 radical (unpaired) electrons. The minimum Gasteiger partial charge on any atom is -0.466 e. The summed E-state index contributed by atoms with van der Waals surface area (Å²) in [7, 11) is 2.47. The Labute approximate surface area is 173 Å². The highest BCUT2D eigenvalue weighted by Gasteiger charge is 2.34. The lowest BCUT2D eigenvalue weighted by Crippen LogP contribution is -2.48. The first-order chi connectivity index (χ1) is 14.4. The number of benzene rings is 2. The first-order valence-corrected chi connectivity index (χ1v) is 9.32. The van der Waals surface area contributed by atoms with E-state index in [-0.39, 0.29) is 30.3 Å². The lowest BCUT2D eigenvalue weighted by Gasteiger charge is -2.38. The van der Waals surface area contributed by atoms with Crippen molar-refractivity contribution in [2.45, 2.75) is 6.42 Å². The van der Waals surface area contributed by atoms with Gasteiger partial charge in [0.15, 0.2) is 0 Å². The molecule has 0 unspecified atom stereocenters. The summed E-state index contributed by atoms with van der Waals surface area (Å²) in [4.78, 5) is 28.5. The molecule has 6 nitrogen and oxygen atoms in total. The van der Waals surface area contributed by atoms with Gasteiger partial charge in [0.1, 0.15) is 17.3 Å². The molecule has 30 heavy (non-hydrogen) atoms. The Hall–Kier alpha value is -3.26. The van der Waals surface area contributed by atoms with Crippen LogP contribution in [0.2, 0.25) is 0 Å². The van der Waals surface area contributed by atoms with Gasteiger partial charge in [-0.1, -0.05) is 12.1 Å². The van der Waals surface area contributed by atoms with Crippen LogP contribution in [-0.4, -0.2) is 50.8 Å². The van der Waals surface area contributed by atoms with Gasteiger partial charge in [-0.2, -0.15) is 0 Å². The minimum atomic E-state index is -0.682. The van der Waals surface area contributed by atoms with Gasteiger partial charge in [-0.3, -0.25) is 4.90 Å². The van der Waals surface area contributed by atoms with Crippen molar-refractivity contribution < 1.29 is 27.8 Å². The van der Waals surface area contributed by atoms with Crippen LogP contribution in [-0.2, 0) is 25.5 Å². The minimum absolute atomic E-state index is 0.0639. The Morgan fingerprint density at radius 2 is 1.47 bits per heavy atom. The fourth-order valence-corrected chi connectivity index (χ4v) is 3.32. The van der Waals surface area contributed by atoms with E-state index in [1.807, 2.05) is 4.90 Å². The number of hydrogen-bond donors (Lipinski definition) is 0. The van der Waals surface area contributed by atoms with Crippen LogP contribution in [0.1, 0.15) is 5.56 Å². The smallest absolute Gasteiger partial charge is 0.355 e. The largest absolute Gasteiger partial charge is 0.466 e. The summed E-state index contributed by atoms with van der Waals surface area (Å²) in [6.45, 7) is 0.992. The molecular formula is C22H22F2N2O4. The summed E-state index contributed by atoms with van der Waals surface area (Å²) in [5, 5.41) is 0. The van der Waals surface area contributed by atoms with Gasteiger partial charge in [0.05, 0.1) is 26.5 Å². The molecule has 1 aliphatic rings. The maximum Gasteiger partial charge on any atom is 0.355 e. The molecule has 2 aromatic carbocycles. The average molecular weight is 416 g/mol. The molecule has 0 saturated heterocycles. The lowest BCUT2D eigenvalue weighted by atomic mass is 10.1. The van der Waals surface area contributed by atoms with Crippen molar-refractivity contribution in [1.29, 1.82) is 0 Å². The van der Waals surface area contributed by atoms with E-state index in [2.05, 4.69) is 0 Å². The summed E-state index contributed by atoms with van der Waals surface area (Å²) in [5.74, 6) is -2.05. The molecule has 0 bridgehead atoms. The summed E-state index contributed by atoms with van der Waals surface area (Å²) in [5.41, 5.74) is 1.69. The summed E-state index contributed by atoms with van der Waals surface area (Å²) < 4.78 is 36.3. The third-order valence-electron chi connectivity index (χ3n) is 4.86. The van der Waals surface area contributed by atoms with E-state index in [9.17, 15) is 18.4 Å². The molecule has 3 rings (SSSR count). The number of anilines is 1. The van der Waals surface area contributed by atoms with E-state index < -0.39 is 17.8 Å². The van der Waals surface area contributed by atoms with Gasteiger partial charge in [0.25, 0.3) is 0 Å². The molecule has 0 saturated carbocycles.